The number of aliphatic hydroxyl groups is 1. The molecule has 2 aromatic carbocycles. The van der Waals surface area contributed by atoms with Crippen LogP contribution in [0.2, 0.25) is 0 Å². The van der Waals surface area contributed by atoms with Crippen LogP contribution in [0.15, 0.2) is 70.1 Å². The van der Waals surface area contributed by atoms with Crippen molar-refractivity contribution >= 4 is 31.6 Å². The molecule has 0 radical (unpaired) electrons. The number of nitrogens with zero attached hydrogens (tertiary/aromatic N) is 3. The third-order valence-corrected chi connectivity index (χ3v) is 8.37. The predicted molar refractivity (Wildman–Crippen MR) is 119 cm³/mol. The van der Waals surface area contributed by atoms with E-state index in [9.17, 15) is 23.6 Å². The van der Waals surface area contributed by atoms with Gasteiger partial charge >= 0.3 is 0 Å². The van der Waals surface area contributed by atoms with Crippen molar-refractivity contribution in [1.29, 1.82) is 0 Å². The number of nitro groups is 1. The molecule has 1 saturated heterocycles. The Morgan fingerprint density at radius 1 is 1.06 bits per heavy atom. The molecule has 0 amide bonds. The van der Waals surface area contributed by atoms with E-state index in [1.54, 1.807) is 6.08 Å². The molecular formula is C21H22BrN3O5S. The molecule has 0 bridgehead atoms. The second-order valence-corrected chi connectivity index (χ2v) is 10.5. The summed E-state index contributed by atoms with van der Waals surface area (Å²) in [5.41, 5.74) is 0.901. The Hall–Kier alpha value is -2.11. The van der Waals surface area contributed by atoms with Gasteiger partial charge in [0.1, 0.15) is 0 Å². The van der Waals surface area contributed by atoms with Crippen molar-refractivity contribution in [3.8, 4) is 0 Å². The zero-order valence-electron chi connectivity index (χ0n) is 16.5. The fourth-order valence-electron chi connectivity index (χ4n) is 4.41. The zero-order chi connectivity index (χ0) is 22.2. The number of rotatable bonds is 5. The molecule has 10 heteroatoms. The predicted octanol–water partition coefficient (Wildman–Crippen LogP) is 2.75. The van der Waals surface area contributed by atoms with Gasteiger partial charge in [0.25, 0.3) is 5.69 Å². The second kappa shape index (κ2) is 8.79. The molecular weight excluding hydrogens is 486 g/mol. The third kappa shape index (κ3) is 4.18. The average molecular weight is 508 g/mol. The first-order chi connectivity index (χ1) is 14.8. The smallest absolute Gasteiger partial charge is 0.269 e. The Morgan fingerprint density at radius 2 is 1.71 bits per heavy atom. The molecule has 0 unspecified atom stereocenters. The molecule has 2 aromatic rings. The van der Waals surface area contributed by atoms with E-state index in [1.807, 2.05) is 30.3 Å². The highest BCUT2D eigenvalue weighted by Crippen LogP contribution is 2.42. The molecule has 0 spiro atoms. The van der Waals surface area contributed by atoms with Crippen LogP contribution in [-0.2, 0) is 10.0 Å². The van der Waals surface area contributed by atoms with Gasteiger partial charge in [0.2, 0.25) is 10.0 Å². The summed E-state index contributed by atoms with van der Waals surface area (Å²) >= 11 is 3.44. The molecule has 2 aliphatic heterocycles. The lowest BCUT2D eigenvalue weighted by Gasteiger charge is -2.56. The Balaban J connectivity index is 1.64. The summed E-state index contributed by atoms with van der Waals surface area (Å²) in [6.07, 6.45) is 3.73. The topological polar surface area (TPSA) is 104 Å². The normalized spacial score (nSPS) is 25.7. The lowest BCUT2D eigenvalue weighted by atomic mass is 9.75. The van der Waals surface area contributed by atoms with Crippen LogP contribution in [0.4, 0.5) is 5.69 Å². The average Bonchev–Trinajstić information content (AvgIpc) is 2.73. The summed E-state index contributed by atoms with van der Waals surface area (Å²) in [6, 6.07) is 12.7. The number of non-ortho nitro benzene ring substituents is 1. The number of nitro benzene ring substituents is 1. The first-order valence-corrected chi connectivity index (χ1v) is 12.1. The van der Waals surface area contributed by atoms with Crippen molar-refractivity contribution in [3.63, 3.8) is 0 Å². The number of hydrogen-bond donors (Lipinski definition) is 1. The molecule has 2 aliphatic rings. The number of fused-ring (bicyclic) bond motifs is 1. The van der Waals surface area contributed by atoms with Crippen molar-refractivity contribution < 1.29 is 18.4 Å². The van der Waals surface area contributed by atoms with Crippen LogP contribution in [0.1, 0.15) is 11.5 Å². The molecule has 0 saturated carbocycles. The maximum atomic E-state index is 13.3. The van der Waals surface area contributed by atoms with E-state index < -0.39 is 14.9 Å². The fraction of sp³-hybridized carbons (Fsp3) is 0.333. The maximum absolute atomic E-state index is 13.3. The van der Waals surface area contributed by atoms with E-state index in [0.29, 0.717) is 6.54 Å². The van der Waals surface area contributed by atoms with Gasteiger partial charge in [0.05, 0.1) is 16.4 Å². The summed E-state index contributed by atoms with van der Waals surface area (Å²) in [4.78, 5) is 12.5. The highest BCUT2D eigenvalue weighted by atomic mass is 79.9. The van der Waals surface area contributed by atoms with Crippen LogP contribution in [0, 0.1) is 10.1 Å². The fourth-order valence-corrected chi connectivity index (χ4v) is 6.08. The Kier molecular flexibility index (Phi) is 6.27. The summed E-state index contributed by atoms with van der Waals surface area (Å²) in [7, 11) is -3.84. The van der Waals surface area contributed by atoms with Gasteiger partial charge in [0, 0.05) is 54.2 Å². The monoisotopic (exact) mass is 507 g/mol. The molecule has 2 heterocycles. The van der Waals surface area contributed by atoms with Crippen molar-refractivity contribution in [1.82, 2.24) is 9.21 Å². The van der Waals surface area contributed by atoms with Crippen molar-refractivity contribution in [3.05, 3.63) is 80.8 Å². The molecule has 164 valence electrons. The highest BCUT2D eigenvalue weighted by molar-refractivity contribution is 9.10. The van der Waals surface area contributed by atoms with Gasteiger partial charge in [-0.3, -0.25) is 15.0 Å². The molecule has 8 nitrogen and oxygen atoms in total. The van der Waals surface area contributed by atoms with Gasteiger partial charge in [-0.05, 0) is 29.8 Å². The van der Waals surface area contributed by atoms with Gasteiger partial charge in [-0.1, -0.05) is 40.2 Å². The first-order valence-electron chi connectivity index (χ1n) is 9.84. The Bertz CT molecular complexity index is 1090. The zero-order valence-corrected chi connectivity index (χ0v) is 18.9. The number of sulfonamides is 1. The molecule has 0 aromatic heterocycles. The molecule has 4 rings (SSSR count). The van der Waals surface area contributed by atoms with E-state index in [1.165, 1.54) is 28.6 Å². The van der Waals surface area contributed by atoms with E-state index in [-0.39, 0.29) is 48.3 Å². The van der Waals surface area contributed by atoms with Crippen LogP contribution >= 0.6 is 15.9 Å². The van der Waals surface area contributed by atoms with Crippen molar-refractivity contribution in [2.24, 2.45) is 0 Å². The number of benzene rings is 2. The van der Waals surface area contributed by atoms with Gasteiger partial charge in [-0.25, -0.2) is 8.42 Å². The van der Waals surface area contributed by atoms with Gasteiger partial charge < -0.3 is 5.11 Å². The number of halogens is 1. The van der Waals surface area contributed by atoms with Crippen molar-refractivity contribution in [2.45, 2.75) is 22.9 Å². The van der Waals surface area contributed by atoms with Crippen molar-refractivity contribution in [2.75, 3.05) is 26.2 Å². The number of hydrogen-bond acceptors (Lipinski definition) is 6. The summed E-state index contributed by atoms with van der Waals surface area (Å²) in [5, 5.41) is 20.9. The van der Waals surface area contributed by atoms with Crippen LogP contribution < -0.4 is 0 Å². The first kappa shape index (κ1) is 22.1. The van der Waals surface area contributed by atoms with E-state index in [0.717, 1.165) is 10.0 Å². The molecule has 1 fully saturated rings. The molecule has 0 aliphatic carbocycles. The second-order valence-electron chi connectivity index (χ2n) is 7.64. The minimum atomic E-state index is -3.84. The standard InChI is InChI=1S/C21H22BrN3O5S/c22-16-5-3-15(4-6-16)21-19-13-23(11-1-2-12-24(19)20(21)14-26)31(29,30)18-9-7-17(8-10-18)25(27)28/h1-10,19-21,26H,11-14H2/b2-1-/t19-,20+,21+/m0/s1. The quantitative estimate of drug-likeness (QED) is 0.379. The summed E-state index contributed by atoms with van der Waals surface area (Å²) in [5.74, 6) is -0.000777. The number of aliphatic hydroxyl groups excluding tert-OH is 1. The Morgan fingerprint density at radius 3 is 2.32 bits per heavy atom. The molecule has 1 N–H and O–H groups in total. The van der Waals surface area contributed by atoms with Crippen LogP contribution in [-0.4, -0.2) is 66.0 Å². The SMILES string of the molecule is O=[N+]([O-])c1ccc(S(=O)(=O)N2C/C=C\CN3[C@H](CO)[C@H](c4ccc(Br)cc4)[C@@H]3C2)cc1. The van der Waals surface area contributed by atoms with Gasteiger partial charge in [0.15, 0.2) is 0 Å². The lowest BCUT2D eigenvalue weighted by Crippen LogP contribution is -2.67. The largest absolute Gasteiger partial charge is 0.395 e. The van der Waals surface area contributed by atoms with Crippen LogP contribution in [0.25, 0.3) is 0 Å². The summed E-state index contributed by atoms with van der Waals surface area (Å²) < 4.78 is 29.0. The van der Waals surface area contributed by atoms with E-state index in [4.69, 9.17) is 0 Å². The van der Waals surface area contributed by atoms with Crippen LogP contribution in [0.3, 0.4) is 0 Å². The van der Waals surface area contributed by atoms with Gasteiger partial charge in [-0.15, -0.1) is 0 Å². The molecule has 3 atom stereocenters. The third-order valence-electron chi connectivity index (χ3n) is 5.99. The van der Waals surface area contributed by atoms with E-state index in [2.05, 4.69) is 20.8 Å². The van der Waals surface area contributed by atoms with E-state index >= 15 is 0 Å². The lowest BCUT2D eigenvalue weighted by molar-refractivity contribution is -0.384. The van der Waals surface area contributed by atoms with Crippen LogP contribution in [0.5, 0.6) is 0 Å². The minimum Gasteiger partial charge on any atom is -0.395 e. The minimum absolute atomic E-state index is 0.000777. The molecule has 31 heavy (non-hydrogen) atoms. The Labute approximate surface area is 189 Å². The van der Waals surface area contributed by atoms with Gasteiger partial charge in [-0.2, -0.15) is 4.31 Å². The maximum Gasteiger partial charge on any atom is 0.269 e. The summed E-state index contributed by atoms with van der Waals surface area (Å²) in [6.45, 7) is 1.12. The highest BCUT2D eigenvalue weighted by Gasteiger charge is 2.49.